The number of hydrogen-bond acceptors (Lipinski definition) is 2. The van der Waals surface area contributed by atoms with Gasteiger partial charge >= 0.3 is 0 Å². The molecule has 2 heterocycles. The summed E-state index contributed by atoms with van der Waals surface area (Å²) in [5, 5.41) is 3.80. The average Bonchev–Trinajstić information content (AvgIpc) is 2.50. The van der Waals surface area contributed by atoms with Crippen molar-refractivity contribution in [3.8, 4) is 0 Å². The lowest BCUT2D eigenvalue weighted by molar-refractivity contribution is 0.169. The summed E-state index contributed by atoms with van der Waals surface area (Å²) in [7, 11) is 0. The van der Waals surface area contributed by atoms with Crippen LogP contribution in [0.25, 0.3) is 0 Å². The molecule has 1 N–H and O–H groups in total. The first-order chi connectivity index (χ1) is 8.31. The first kappa shape index (κ1) is 12.0. The second-order valence-electron chi connectivity index (χ2n) is 6.69. The zero-order chi connectivity index (χ0) is 11.7. The lowest BCUT2D eigenvalue weighted by Crippen LogP contribution is -2.41. The fourth-order valence-corrected chi connectivity index (χ4v) is 4.13. The summed E-state index contributed by atoms with van der Waals surface area (Å²) in [6, 6.07) is 2.55. The van der Waals surface area contributed by atoms with Gasteiger partial charge in [0.25, 0.3) is 0 Å². The number of hydrogen-bond donors (Lipinski definition) is 1. The van der Waals surface area contributed by atoms with E-state index in [1.54, 1.807) is 0 Å². The van der Waals surface area contributed by atoms with Crippen LogP contribution < -0.4 is 5.32 Å². The van der Waals surface area contributed by atoms with Gasteiger partial charge in [-0.1, -0.05) is 19.8 Å². The van der Waals surface area contributed by atoms with Crippen LogP contribution in [0.5, 0.6) is 0 Å². The summed E-state index contributed by atoms with van der Waals surface area (Å²) in [5.41, 5.74) is 0. The van der Waals surface area contributed by atoms with Crippen LogP contribution in [-0.4, -0.2) is 36.1 Å². The van der Waals surface area contributed by atoms with Crippen molar-refractivity contribution < 1.29 is 0 Å². The SMILES string of the molecule is CC1CCCC(N2CCC3CCC(C2)N3)CC1. The van der Waals surface area contributed by atoms with Crippen molar-refractivity contribution in [2.45, 2.75) is 76.4 Å². The Labute approximate surface area is 106 Å². The Kier molecular flexibility index (Phi) is 3.72. The number of likely N-dealkylation sites (tertiary alicyclic amines) is 1. The van der Waals surface area contributed by atoms with Gasteiger partial charge in [0.2, 0.25) is 0 Å². The molecule has 0 amide bonds. The molecule has 3 aliphatic rings. The second kappa shape index (κ2) is 5.27. The van der Waals surface area contributed by atoms with E-state index in [1.165, 1.54) is 64.5 Å². The maximum absolute atomic E-state index is 3.80. The van der Waals surface area contributed by atoms with Gasteiger partial charge in [0.05, 0.1) is 0 Å². The predicted molar refractivity (Wildman–Crippen MR) is 72.2 cm³/mol. The molecule has 2 saturated heterocycles. The Morgan fingerprint density at radius 1 is 0.882 bits per heavy atom. The lowest BCUT2D eigenvalue weighted by Gasteiger charge is -2.32. The van der Waals surface area contributed by atoms with Crippen LogP contribution in [0.3, 0.4) is 0 Å². The van der Waals surface area contributed by atoms with Crippen molar-refractivity contribution in [2.75, 3.05) is 13.1 Å². The third-order valence-corrected chi connectivity index (χ3v) is 5.30. The van der Waals surface area contributed by atoms with E-state index in [9.17, 15) is 0 Å². The van der Waals surface area contributed by atoms with E-state index < -0.39 is 0 Å². The highest BCUT2D eigenvalue weighted by Gasteiger charge is 2.32. The summed E-state index contributed by atoms with van der Waals surface area (Å²) >= 11 is 0. The quantitative estimate of drug-likeness (QED) is 0.704. The first-order valence-corrected chi connectivity index (χ1v) is 7.81. The summed E-state index contributed by atoms with van der Waals surface area (Å²) in [5.74, 6) is 0.974. The Balaban J connectivity index is 1.59. The van der Waals surface area contributed by atoms with Gasteiger partial charge in [-0.3, -0.25) is 4.90 Å². The molecule has 2 heteroatoms. The lowest BCUT2D eigenvalue weighted by atomic mass is 10.0. The zero-order valence-corrected chi connectivity index (χ0v) is 11.3. The highest BCUT2D eigenvalue weighted by atomic mass is 15.2. The number of rotatable bonds is 1. The normalized spacial score (nSPS) is 44.3. The molecule has 2 aliphatic heterocycles. The minimum atomic E-state index is 0.808. The minimum absolute atomic E-state index is 0.808. The van der Waals surface area contributed by atoms with Crippen LogP contribution in [-0.2, 0) is 0 Å². The van der Waals surface area contributed by atoms with Crippen LogP contribution in [0.1, 0.15) is 58.3 Å². The molecule has 1 saturated carbocycles. The van der Waals surface area contributed by atoms with Crippen LogP contribution in [0.2, 0.25) is 0 Å². The van der Waals surface area contributed by atoms with Crippen LogP contribution in [0.4, 0.5) is 0 Å². The summed E-state index contributed by atoms with van der Waals surface area (Å²) < 4.78 is 0. The smallest absolute Gasteiger partial charge is 0.0198 e. The Hall–Kier alpha value is -0.0800. The van der Waals surface area contributed by atoms with Gasteiger partial charge in [0, 0.05) is 24.7 Å². The molecule has 4 unspecified atom stereocenters. The van der Waals surface area contributed by atoms with Crippen LogP contribution in [0, 0.1) is 5.92 Å². The van der Waals surface area contributed by atoms with E-state index >= 15 is 0 Å². The number of nitrogens with one attached hydrogen (secondary N) is 1. The summed E-state index contributed by atoms with van der Waals surface area (Å²) in [4.78, 5) is 2.83. The Bertz CT molecular complexity index is 253. The third-order valence-electron chi connectivity index (χ3n) is 5.30. The molecule has 2 nitrogen and oxygen atoms in total. The molecular weight excluding hydrogens is 208 g/mol. The molecule has 3 fully saturated rings. The largest absolute Gasteiger partial charge is 0.310 e. The zero-order valence-electron chi connectivity index (χ0n) is 11.3. The molecule has 1 aliphatic carbocycles. The Morgan fingerprint density at radius 3 is 2.71 bits per heavy atom. The summed E-state index contributed by atoms with van der Waals surface area (Å²) in [6.45, 7) is 5.12. The van der Waals surface area contributed by atoms with Crippen LogP contribution >= 0.6 is 0 Å². The maximum Gasteiger partial charge on any atom is 0.0198 e. The van der Waals surface area contributed by atoms with Crippen molar-refractivity contribution in [1.29, 1.82) is 0 Å². The van der Waals surface area contributed by atoms with E-state index in [4.69, 9.17) is 0 Å². The molecule has 0 spiro atoms. The van der Waals surface area contributed by atoms with Gasteiger partial charge in [-0.05, 0) is 51.0 Å². The van der Waals surface area contributed by atoms with Crippen molar-refractivity contribution in [3.05, 3.63) is 0 Å². The predicted octanol–water partition coefficient (Wildman–Crippen LogP) is 2.78. The highest BCUT2D eigenvalue weighted by molar-refractivity contribution is 4.91. The molecule has 4 atom stereocenters. The van der Waals surface area contributed by atoms with Gasteiger partial charge in [-0.25, -0.2) is 0 Å². The standard InChI is InChI=1S/C15H28N2/c1-12-3-2-4-15(8-5-12)17-10-9-13-6-7-14(11-17)16-13/h12-16H,2-11H2,1H3. The molecule has 0 aromatic heterocycles. The summed E-state index contributed by atoms with van der Waals surface area (Å²) in [6.07, 6.45) is 11.6. The van der Waals surface area contributed by atoms with E-state index in [-0.39, 0.29) is 0 Å². The molecule has 0 aromatic rings. The monoisotopic (exact) mass is 236 g/mol. The van der Waals surface area contributed by atoms with Crippen molar-refractivity contribution in [1.82, 2.24) is 10.2 Å². The van der Waals surface area contributed by atoms with E-state index in [0.717, 1.165) is 24.0 Å². The first-order valence-electron chi connectivity index (χ1n) is 7.81. The van der Waals surface area contributed by atoms with Gasteiger partial charge in [-0.2, -0.15) is 0 Å². The number of nitrogens with zero attached hydrogens (tertiary/aromatic N) is 1. The van der Waals surface area contributed by atoms with Crippen molar-refractivity contribution in [3.63, 3.8) is 0 Å². The molecule has 0 radical (unpaired) electrons. The van der Waals surface area contributed by atoms with Gasteiger partial charge in [-0.15, -0.1) is 0 Å². The third kappa shape index (κ3) is 2.85. The molecule has 2 bridgehead atoms. The fourth-order valence-electron chi connectivity index (χ4n) is 4.13. The molecule has 0 aromatic carbocycles. The highest BCUT2D eigenvalue weighted by Crippen LogP contribution is 2.29. The topological polar surface area (TPSA) is 15.3 Å². The molecule has 17 heavy (non-hydrogen) atoms. The van der Waals surface area contributed by atoms with E-state index in [2.05, 4.69) is 17.1 Å². The fraction of sp³-hybridized carbons (Fsp3) is 1.00. The van der Waals surface area contributed by atoms with Gasteiger partial charge in [0.15, 0.2) is 0 Å². The van der Waals surface area contributed by atoms with E-state index in [0.29, 0.717) is 0 Å². The van der Waals surface area contributed by atoms with Crippen molar-refractivity contribution >= 4 is 0 Å². The molecule has 3 rings (SSSR count). The van der Waals surface area contributed by atoms with Crippen LogP contribution in [0.15, 0.2) is 0 Å². The Morgan fingerprint density at radius 2 is 1.76 bits per heavy atom. The van der Waals surface area contributed by atoms with Gasteiger partial charge < -0.3 is 5.32 Å². The molecule has 98 valence electrons. The second-order valence-corrected chi connectivity index (χ2v) is 6.69. The maximum atomic E-state index is 3.80. The van der Waals surface area contributed by atoms with Crippen molar-refractivity contribution in [2.24, 2.45) is 5.92 Å². The van der Waals surface area contributed by atoms with E-state index in [1.807, 2.05) is 0 Å². The van der Waals surface area contributed by atoms with Gasteiger partial charge in [0.1, 0.15) is 0 Å². The molecular formula is C15H28N2. The number of fused-ring (bicyclic) bond motifs is 2. The average molecular weight is 236 g/mol. The minimum Gasteiger partial charge on any atom is -0.310 e.